The Hall–Kier alpha value is -1.76. The second-order valence-corrected chi connectivity index (χ2v) is 3.02. The molecular formula is C10H12N2O2. The minimum absolute atomic E-state index is 0.156. The Balaban J connectivity index is 3.45. The minimum Gasteiger partial charge on any atom is -0.303 e. The van der Waals surface area contributed by atoms with Crippen molar-refractivity contribution in [3.05, 3.63) is 32.6 Å². The molecule has 0 unspecified atom stereocenters. The summed E-state index contributed by atoms with van der Waals surface area (Å²) >= 11 is 0. The number of nitrogens with zero attached hydrogens (tertiary/aromatic N) is 2. The average molecular weight is 192 g/mol. The van der Waals surface area contributed by atoms with Crippen molar-refractivity contribution in [3.8, 4) is 11.8 Å². The topological polar surface area (TPSA) is 44.0 Å². The van der Waals surface area contributed by atoms with Crippen LogP contribution in [0.25, 0.3) is 0 Å². The molecule has 0 radical (unpaired) electrons. The van der Waals surface area contributed by atoms with E-state index < -0.39 is 0 Å². The fraction of sp³-hybridized carbons (Fsp3) is 0.400. The molecule has 1 aromatic rings. The van der Waals surface area contributed by atoms with Gasteiger partial charge in [-0.15, -0.1) is 5.92 Å². The predicted molar refractivity (Wildman–Crippen MR) is 54.1 cm³/mol. The summed E-state index contributed by atoms with van der Waals surface area (Å²) in [5, 5.41) is 0. The molecule has 0 N–H and O–H groups in total. The van der Waals surface area contributed by atoms with E-state index in [2.05, 4.69) is 11.8 Å². The van der Waals surface area contributed by atoms with Gasteiger partial charge >= 0.3 is 5.69 Å². The Morgan fingerprint density at radius 3 is 2.64 bits per heavy atom. The molecule has 1 heterocycles. The average Bonchev–Trinajstić information content (AvgIpc) is 2.15. The number of hydrogen-bond acceptors (Lipinski definition) is 2. The van der Waals surface area contributed by atoms with Crippen LogP contribution in [0.4, 0.5) is 0 Å². The molecule has 0 saturated heterocycles. The van der Waals surface area contributed by atoms with Crippen LogP contribution in [0.1, 0.15) is 12.5 Å². The van der Waals surface area contributed by atoms with E-state index in [0.717, 1.165) is 4.57 Å². The van der Waals surface area contributed by atoms with Crippen LogP contribution in [0, 0.1) is 18.8 Å². The van der Waals surface area contributed by atoms with Crippen molar-refractivity contribution in [3.63, 3.8) is 0 Å². The molecule has 1 rings (SSSR count). The van der Waals surface area contributed by atoms with E-state index in [9.17, 15) is 9.59 Å². The summed E-state index contributed by atoms with van der Waals surface area (Å²) in [4.78, 5) is 23.0. The summed E-state index contributed by atoms with van der Waals surface area (Å²) in [5.74, 6) is 5.35. The molecule has 4 heteroatoms. The Morgan fingerprint density at radius 2 is 2.07 bits per heavy atom. The summed E-state index contributed by atoms with van der Waals surface area (Å²) in [6.07, 6.45) is 1.53. The van der Waals surface area contributed by atoms with E-state index in [1.165, 1.54) is 10.8 Å². The first-order valence-corrected chi connectivity index (χ1v) is 4.24. The van der Waals surface area contributed by atoms with Gasteiger partial charge in [-0.1, -0.05) is 5.92 Å². The Kier molecular flexibility index (Phi) is 2.92. The molecule has 0 atom stereocenters. The van der Waals surface area contributed by atoms with Gasteiger partial charge in [0.05, 0.1) is 6.54 Å². The second kappa shape index (κ2) is 3.97. The molecule has 0 aromatic carbocycles. The van der Waals surface area contributed by atoms with E-state index in [1.54, 1.807) is 20.9 Å². The smallest absolute Gasteiger partial charge is 0.303 e. The molecule has 0 amide bonds. The fourth-order valence-corrected chi connectivity index (χ4v) is 1.19. The summed E-state index contributed by atoms with van der Waals surface area (Å²) < 4.78 is 2.51. The largest absolute Gasteiger partial charge is 0.331 e. The molecule has 4 nitrogen and oxygen atoms in total. The summed E-state index contributed by atoms with van der Waals surface area (Å²) in [6.45, 7) is 3.51. The van der Waals surface area contributed by atoms with Crippen molar-refractivity contribution < 1.29 is 0 Å². The zero-order valence-electron chi connectivity index (χ0n) is 8.50. The van der Waals surface area contributed by atoms with E-state index in [-0.39, 0.29) is 17.8 Å². The Bertz CT molecular complexity index is 477. The zero-order valence-corrected chi connectivity index (χ0v) is 8.50. The first kappa shape index (κ1) is 10.3. The van der Waals surface area contributed by atoms with Gasteiger partial charge in [0.2, 0.25) is 0 Å². The van der Waals surface area contributed by atoms with E-state index in [1.807, 2.05) is 0 Å². The number of hydrogen-bond donors (Lipinski definition) is 0. The maximum absolute atomic E-state index is 11.5. The van der Waals surface area contributed by atoms with Gasteiger partial charge in [-0.05, 0) is 13.8 Å². The number of aromatic nitrogens is 2. The molecule has 0 fully saturated rings. The van der Waals surface area contributed by atoms with Crippen molar-refractivity contribution in [1.29, 1.82) is 0 Å². The summed E-state index contributed by atoms with van der Waals surface area (Å²) in [6, 6.07) is 0. The first-order chi connectivity index (χ1) is 6.57. The van der Waals surface area contributed by atoms with Crippen LogP contribution >= 0.6 is 0 Å². The lowest BCUT2D eigenvalue weighted by molar-refractivity contribution is 0.649. The van der Waals surface area contributed by atoms with Crippen LogP contribution in [0.5, 0.6) is 0 Å². The predicted octanol–water partition coefficient (Wildman–Crippen LogP) is -0.121. The van der Waals surface area contributed by atoms with Gasteiger partial charge in [0.15, 0.2) is 0 Å². The van der Waals surface area contributed by atoms with Crippen LogP contribution in [-0.2, 0) is 13.6 Å². The molecule has 0 bridgehead atoms. The highest BCUT2D eigenvalue weighted by Crippen LogP contribution is 1.83. The van der Waals surface area contributed by atoms with Gasteiger partial charge in [-0.2, -0.15) is 0 Å². The molecule has 0 aliphatic rings. The molecule has 74 valence electrons. The quantitative estimate of drug-likeness (QED) is 0.582. The lowest BCUT2D eigenvalue weighted by atomic mass is 10.4. The van der Waals surface area contributed by atoms with Gasteiger partial charge < -0.3 is 4.57 Å². The Morgan fingerprint density at radius 1 is 1.43 bits per heavy atom. The number of rotatable bonds is 1. The SMILES string of the molecule is CC#CCn1c(=O)c(C)cn(C)c1=O. The van der Waals surface area contributed by atoms with E-state index in [4.69, 9.17) is 0 Å². The van der Waals surface area contributed by atoms with Gasteiger partial charge in [0.25, 0.3) is 5.56 Å². The highest BCUT2D eigenvalue weighted by atomic mass is 16.2. The van der Waals surface area contributed by atoms with Crippen molar-refractivity contribution in [2.45, 2.75) is 20.4 Å². The first-order valence-electron chi connectivity index (χ1n) is 4.24. The molecular weight excluding hydrogens is 180 g/mol. The molecule has 1 aromatic heterocycles. The third kappa shape index (κ3) is 1.77. The standard InChI is InChI=1S/C10H12N2O2/c1-4-5-6-12-9(13)8(2)7-11(3)10(12)14/h7H,6H2,1-3H3. The van der Waals surface area contributed by atoms with Crippen LogP contribution in [0.15, 0.2) is 15.8 Å². The maximum atomic E-state index is 11.5. The van der Waals surface area contributed by atoms with E-state index in [0.29, 0.717) is 5.56 Å². The van der Waals surface area contributed by atoms with Gasteiger partial charge in [-0.3, -0.25) is 4.79 Å². The highest BCUT2D eigenvalue weighted by Gasteiger charge is 2.04. The monoisotopic (exact) mass is 192 g/mol. The van der Waals surface area contributed by atoms with E-state index >= 15 is 0 Å². The lowest BCUT2D eigenvalue weighted by Gasteiger charge is -2.04. The summed E-state index contributed by atoms with van der Waals surface area (Å²) in [5.41, 5.74) is -0.0517. The van der Waals surface area contributed by atoms with Crippen molar-refractivity contribution >= 4 is 0 Å². The van der Waals surface area contributed by atoms with Crippen molar-refractivity contribution in [2.24, 2.45) is 7.05 Å². The summed E-state index contributed by atoms with van der Waals surface area (Å²) in [7, 11) is 1.62. The molecule has 0 aliphatic carbocycles. The van der Waals surface area contributed by atoms with Crippen molar-refractivity contribution in [1.82, 2.24) is 9.13 Å². The Labute approximate surface area is 81.8 Å². The van der Waals surface area contributed by atoms with Crippen LogP contribution < -0.4 is 11.2 Å². The highest BCUT2D eigenvalue weighted by molar-refractivity contribution is 5.05. The molecule has 0 aliphatic heterocycles. The van der Waals surface area contributed by atoms with Crippen LogP contribution in [0.3, 0.4) is 0 Å². The fourth-order valence-electron chi connectivity index (χ4n) is 1.19. The van der Waals surface area contributed by atoms with Gasteiger partial charge in [0.1, 0.15) is 0 Å². The molecule has 14 heavy (non-hydrogen) atoms. The van der Waals surface area contributed by atoms with Gasteiger partial charge in [-0.25, -0.2) is 9.36 Å². The third-order valence-corrected chi connectivity index (χ3v) is 1.92. The maximum Gasteiger partial charge on any atom is 0.331 e. The van der Waals surface area contributed by atoms with Gasteiger partial charge in [0, 0.05) is 18.8 Å². The molecule has 0 spiro atoms. The van der Waals surface area contributed by atoms with Crippen LogP contribution in [-0.4, -0.2) is 9.13 Å². The third-order valence-electron chi connectivity index (χ3n) is 1.92. The lowest BCUT2D eigenvalue weighted by Crippen LogP contribution is -2.39. The minimum atomic E-state index is -0.330. The number of aryl methyl sites for hydroxylation is 2. The van der Waals surface area contributed by atoms with Crippen LogP contribution in [0.2, 0.25) is 0 Å². The normalized spacial score (nSPS) is 9.36. The second-order valence-electron chi connectivity index (χ2n) is 3.02. The zero-order chi connectivity index (χ0) is 10.7. The van der Waals surface area contributed by atoms with Crippen molar-refractivity contribution in [2.75, 3.05) is 0 Å². The molecule has 0 saturated carbocycles.